The van der Waals surface area contributed by atoms with Gasteiger partial charge in [0.25, 0.3) is 0 Å². The molecule has 0 atom stereocenters. The summed E-state index contributed by atoms with van der Waals surface area (Å²) in [5, 5.41) is 0.411. The second-order valence-electron chi connectivity index (χ2n) is 3.50. The molecule has 0 aliphatic carbocycles. The molecule has 0 saturated heterocycles. The Kier molecular flexibility index (Phi) is 4.32. The summed E-state index contributed by atoms with van der Waals surface area (Å²) in [5.41, 5.74) is 5.16. The number of aromatic nitrogens is 2. The monoisotopic (exact) mass is 262 g/mol. The van der Waals surface area contributed by atoms with E-state index in [2.05, 4.69) is 9.97 Å². The Labute approximate surface area is 104 Å². The Bertz CT molecular complexity index is 397. The van der Waals surface area contributed by atoms with Gasteiger partial charge in [-0.05, 0) is 25.4 Å². The van der Waals surface area contributed by atoms with E-state index in [0.717, 1.165) is 0 Å². The first-order valence-electron chi connectivity index (χ1n) is 4.64. The normalized spacial score (nSPS) is 10.6. The second kappa shape index (κ2) is 5.32. The molecule has 0 aliphatic rings. The van der Waals surface area contributed by atoms with E-state index in [-0.39, 0.29) is 17.9 Å². The van der Waals surface area contributed by atoms with Gasteiger partial charge in [0.1, 0.15) is 5.02 Å². The molecule has 2 N–H and O–H groups in total. The van der Waals surface area contributed by atoms with Crippen LogP contribution < -0.4 is 10.6 Å². The third-order valence-corrected chi connectivity index (χ3v) is 2.37. The Hall–Kier alpha value is -1.07. The Morgan fingerprint density at radius 2 is 2.19 bits per heavy atom. The fraction of sp³-hybridized carbons (Fsp3) is 0.444. The molecule has 1 rings (SSSR count). The summed E-state index contributed by atoms with van der Waals surface area (Å²) < 4.78 is 0. The average molecular weight is 263 g/mol. The van der Waals surface area contributed by atoms with Gasteiger partial charge in [0.15, 0.2) is 5.82 Å². The second-order valence-corrected chi connectivity index (χ2v) is 4.24. The highest BCUT2D eigenvalue weighted by atomic mass is 35.5. The number of rotatable bonds is 4. The van der Waals surface area contributed by atoms with Gasteiger partial charge in [-0.2, -0.15) is 4.98 Å². The van der Waals surface area contributed by atoms with Crippen LogP contribution >= 0.6 is 23.2 Å². The maximum absolute atomic E-state index is 10.9. The van der Waals surface area contributed by atoms with E-state index >= 15 is 0 Å². The Morgan fingerprint density at radius 3 is 2.69 bits per heavy atom. The van der Waals surface area contributed by atoms with Crippen LogP contribution in [0.1, 0.15) is 13.8 Å². The number of primary amides is 1. The van der Waals surface area contributed by atoms with Gasteiger partial charge >= 0.3 is 0 Å². The topological polar surface area (TPSA) is 72.1 Å². The first-order chi connectivity index (χ1) is 7.41. The zero-order valence-corrected chi connectivity index (χ0v) is 10.5. The average Bonchev–Trinajstić information content (AvgIpc) is 2.18. The summed E-state index contributed by atoms with van der Waals surface area (Å²) in [4.78, 5) is 20.3. The van der Waals surface area contributed by atoms with Crippen LogP contribution in [0.2, 0.25) is 10.3 Å². The number of nitrogens with zero attached hydrogens (tertiary/aromatic N) is 3. The van der Waals surface area contributed by atoms with Crippen molar-refractivity contribution in [2.45, 2.75) is 19.9 Å². The number of nitrogens with two attached hydrogens (primary N) is 1. The molecule has 0 unspecified atom stereocenters. The van der Waals surface area contributed by atoms with Gasteiger partial charge in [-0.1, -0.05) is 11.6 Å². The summed E-state index contributed by atoms with van der Waals surface area (Å²) in [5.74, 6) is -0.0463. The van der Waals surface area contributed by atoms with Crippen molar-refractivity contribution in [2.24, 2.45) is 5.73 Å². The van der Waals surface area contributed by atoms with Crippen molar-refractivity contribution in [2.75, 3.05) is 11.4 Å². The van der Waals surface area contributed by atoms with Crippen molar-refractivity contribution >= 4 is 34.9 Å². The number of amides is 1. The molecule has 88 valence electrons. The van der Waals surface area contributed by atoms with Crippen LogP contribution in [0.5, 0.6) is 0 Å². The molecule has 1 amide bonds. The van der Waals surface area contributed by atoms with E-state index in [4.69, 9.17) is 28.9 Å². The first-order valence-corrected chi connectivity index (χ1v) is 5.40. The number of carbonyl (C=O) groups is 1. The third-order valence-electron chi connectivity index (χ3n) is 1.92. The summed E-state index contributed by atoms with van der Waals surface area (Å²) in [6, 6.07) is 0.0240. The molecule has 0 radical (unpaired) electrons. The van der Waals surface area contributed by atoms with Gasteiger partial charge < -0.3 is 10.6 Å². The fourth-order valence-electron chi connectivity index (χ4n) is 1.21. The maximum Gasteiger partial charge on any atom is 0.237 e. The molecule has 0 aromatic carbocycles. The molecule has 0 fully saturated rings. The van der Waals surface area contributed by atoms with Gasteiger partial charge in [0.2, 0.25) is 11.2 Å². The fourth-order valence-corrected chi connectivity index (χ4v) is 1.54. The van der Waals surface area contributed by atoms with Crippen LogP contribution in [0.15, 0.2) is 6.20 Å². The molecule has 16 heavy (non-hydrogen) atoms. The Balaban J connectivity index is 3.09. The summed E-state index contributed by atoms with van der Waals surface area (Å²) in [6.45, 7) is 3.83. The number of halogens is 2. The van der Waals surface area contributed by atoms with E-state index in [1.807, 2.05) is 13.8 Å². The highest BCUT2D eigenvalue weighted by Gasteiger charge is 2.18. The highest BCUT2D eigenvalue weighted by molar-refractivity contribution is 6.33. The number of hydrogen-bond acceptors (Lipinski definition) is 4. The summed E-state index contributed by atoms with van der Waals surface area (Å²) in [7, 11) is 0. The smallest absolute Gasteiger partial charge is 0.237 e. The van der Waals surface area contributed by atoms with Crippen LogP contribution in [0.25, 0.3) is 0 Å². The highest BCUT2D eigenvalue weighted by Crippen LogP contribution is 2.25. The number of carbonyl (C=O) groups excluding carboxylic acids is 1. The molecular weight excluding hydrogens is 251 g/mol. The van der Waals surface area contributed by atoms with Crippen molar-refractivity contribution in [1.29, 1.82) is 0 Å². The van der Waals surface area contributed by atoms with Crippen molar-refractivity contribution in [3.63, 3.8) is 0 Å². The van der Waals surface area contributed by atoms with Crippen LogP contribution in [-0.4, -0.2) is 28.5 Å². The molecule has 0 saturated carbocycles. The van der Waals surface area contributed by atoms with Gasteiger partial charge in [-0.3, -0.25) is 4.79 Å². The minimum atomic E-state index is -0.459. The van der Waals surface area contributed by atoms with E-state index < -0.39 is 5.91 Å². The van der Waals surface area contributed by atoms with Crippen LogP contribution in [-0.2, 0) is 4.79 Å². The molecule has 1 aromatic rings. The minimum absolute atomic E-state index is 0.0240. The van der Waals surface area contributed by atoms with Crippen LogP contribution in [0.3, 0.4) is 0 Å². The molecule has 1 heterocycles. The lowest BCUT2D eigenvalue weighted by Gasteiger charge is -2.26. The first kappa shape index (κ1) is 13.0. The molecule has 1 aromatic heterocycles. The lowest BCUT2D eigenvalue weighted by atomic mass is 10.3. The zero-order chi connectivity index (χ0) is 12.3. The van der Waals surface area contributed by atoms with Crippen LogP contribution in [0.4, 0.5) is 5.82 Å². The number of anilines is 1. The molecule has 0 aliphatic heterocycles. The van der Waals surface area contributed by atoms with Crippen molar-refractivity contribution < 1.29 is 4.79 Å². The van der Waals surface area contributed by atoms with E-state index in [0.29, 0.717) is 10.8 Å². The quantitative estimate of drug-likeness (QED) is 0.835. The lowest BCUT2D eigenvalue weighted by Crippen LogP contribution is -2.39. The standard InChI is InChI=1S/C9H12Cl2N4O/c1-5(2)15(4-7(12)16)8-6(10)3-13-9(11)14-8/h3,5H,4H2,1-2H3,(H2,12,16). The predicted octanol–water partition coefficient (Wildman–Crippen LogP) is 1.48. The largest absolute Gasteiger partial charge is 0.368 e. The Morgan fingerprint density at radius 1 is 1.56 bits per heavy atom. The van der Waals surface area contributed by atoms with E-state index in [1.165, 1.54) is 6.20 Å². The van der Waals surface area contributed by atoms with E-state index in [1.54, 1.807) is 4.90 Å². The molecule has 7 heteroatoms. The summed E-state index contributed by atoms with van der Waals surface area (Å²) in [6.07, 6.45) is 1.39. The van der Waals surface area contributed by atoms with Gasteiger partial charge in [0.05, 0.1) is 12.7 Å². The van der Waals surface area contributed by atoms with E-state index in [9.17, 15) is 4.79 Å². The van der Waals surface area contributed by atoms with Crippen molar-refractivity contribution in [3.8, 4) is 0 Å². The number of hydrogen-bond donors (Lipinski definition) is 1. The molecule has 0 spiro atoms. The summed E-state index contributed by atoms with van der Waals surface area (Å²) >= 11 is 11.6. The predicted molar refractivity (Wildman–Crippen MR) is 63.7 cm³/mol. The van der Waals surface area contributed by atoms with Gasteiger partial charge in [-0.25, -0.2) is 4.98 Å². The van der Waals surface area contributed by atoms with Gasteiger partial charge in [-0.15, -0.1) is 0 Å². The SMILES string of the molecule is CC(C)N(CC(N)=O)c1nc(Cl)ncc1Cl. The van der Waals surface area contributed by atoms with Crippen molar-refractivity contribution in [3.05, 3.63) is 16.5 Å². The zero-order valence-electron chi connectivity index (χ0n) is 8.94. The lowest BCUT2D eigenvalue weighted by molar-refractivity contribution is -0.116. The van der Waals surface area contributed by atoms with Gasteiger partial charge in [0, 0.05) is 6.04 Å². The third kappa shape index (κ3) is 3.21. The minimum Gasteiger partial charge on any atom is -0.368 e. The maximum atomic E-state index is 10.9. The molecular formula is C9H12Cl2N4O. The van der Waals surface area contributed by atoms with Crippen LogP contribution in [0, 0.1) is 0 Å². The molecule has 5 nitrogen and oxygen atoms in total. The molecule has 0 bridgehead atoms. The van der Waals surface area contributed by atoms with Crippen molar-refractivity contribution in [1.82, 2.24) is 9.97 Å².